The molecule has 0 aliphatic heterocycles. The van der Waals surface area contributed by atoms with Crippen LogP contribution in [0.25, 0.3) is 11.4 Å². The van der Waals surface area contributed by atoms with E-state index < -0.39 is 0 Å². The topological polar surface area (TPSA) is 75.9 Å². The molecule has 1 atom stereocenters. The van der Waals surface area contributed by atoms with Crippen molar-refractivity contribution in [2.75, 3.05) is 26.0 Å². The first-order valence-electron chi connectivity index (χ1n) is 9.97. The first-order valence-corrected chi connectivity index (χ1v) is 10.8. The van der Waals surface area contributed by atoms with Crippen molar-refractivity contribution in [3.8, 4) is 11.4 Å². The van der Waals surface area contributed by atoms with Crippen molar-refractivity contribution < 1.29 is 4.79 Å². The maximum atomic E-state index is 12.8. The quantitative estimate of drug-likeness (QED) is 0.528. The summed E-state index contributed by atoms with van der Waals surface area (Å²) in [6.07, 6.45) is 4.46. The number of hydrogen-bond donors (Lipinski definition) is 1. The number of carbonyl (C=O) groups excluding carboxylic acids is 1. The second-order valence-electron chi connectivity index (χ2n) is 7.41. The van der Waals surface area contributed by atoms with E-state index in [1.54, 1.807) is 12.4 Å². The van der Waals surface area contributed by atoms with Gasteiger partial charge >= 0.3 is 0 Å². The summed E-state index contributed by atoms with van der Waals surface area (Å²) in [5, 5.41) is 12.3. The third-order valence-corrected chi connectivity index (χ3v) is 5.78. The van der Waals surface area contributed by atoms with E-state index in [1.165, 1.54) is 11.8 Å². The summed E-state index contributed by atoms with van der Waals surface area (Å²) in [5.41, 5.74) is 2.83. The molecule has 2 heterocycles. The fourth-order valence-corrected chi connectivity index (χ4v) is 3.87. The first-order chi connectivity index (χ1) is 14.5. The molecule has 0 aliphatic rings. The molecule has 0 fully saturated rings. The molecule has 1 aromatic carbocycles. The standard InChI is InChI=1S/C22H28N6OS/c1-16-8-5-6-9-19(16)24-21(29)17(2)30-22-26-25-20(18-10-12-23-13-11-18)28(22)15-7-14-27(3)4/h5-6,8-13,17H,7,14-15H2,1-4H3,(H,24,29)/t17-/m0/s1. The zero-order valence-corrected chi connectivity index (χ0v) is 18.7. The number of benzene rings is 1. The second-order valence-corrected chi connectivity index (χ2v) is 8.72. The summed E-state index contributed by atoms with van der Waals surface area (Å²) >= 11 is 1.43. The Bertz CT molecular complexity index is 973. The van der Waals surface area contributed by atoms with E-state index >= 15 is 0 Å². The smallest absolute Gasteiger partial charge is 0.237 e. The summed E-state index contributed by atoms with van der Waals surface area (Å²) in [6, 6.07) is 11.6. The van der Waals surface area contributed by atoms with Gasteiger partial charge in [-0.25, -0.2) is 0 Å². The Labute approximate surface area is 181 Å². The van der Waals surface area contributed by atoms with Gasteiger partial charge in [0.25, 0.3) is 0 Å². The minimum absolute atomic E-state index is 0.0531. The summed E-state index contributed by atoms with van der Waals surface area (Å²) in [4.78, 5) is 19.0. The lowest BCUT2D eigenvalue weighted by molar-refractivity contribution is -0.115. The predicted molar refractivity (Wildman–Crippen MR) is 122 cm³/mol. The van der Waals surface area contributed by atoms with E-state index in [1.807, 2.05) is 50.2 Å². The number of anilines is 1. The maximum Gasteiger partial charge on any atom is 0.237 e. The molecular formula is C22H28N6OS. The highest BCUT2D eigenvalue weighted by atomic mass is 32.2. The van der Waals surface area contributed by atoms with Gasteiger partial charge in [0.1, 0.15) is 0 Å². The normalized spacial score (nSPS) is 12.2. The van der Waals surface area contributed by atoms with Crippen molar-refractivity contribution in [1.29, 1.82) is 0 Å². The number of rotatable bonds is 9. The minimum atomic E-state index is -0.313. The molecule has 0 spiro atoms. The van der Waals surface area contributed by atoms with Crippen LogP contribution in [0.5, 0.6) is 0 Å². The monoisotopic (exact) mass is 424 g/mol. The predicted octanol–water partition coefficient (Wildman–Crippen LogP) is 3.72. The lowest BCUT2D eigenvalue weighted by Crippen LogP contribution is -2.23. The number of thioether (sulfide) groups is 1. The summed E-state index contributed by atoms with van der Waals surface area (Å²) < 4.78 is 2.10. The number of nitrogens with zero attached hydrogens (tertiary/aromatic N) is 5. The Morgan fingerprint density at radius 3 is 2.60 bits per heavy atom. The van der Waals surface area contributed by atoms with E-state index in [-0.39, 0.29) is 11.2 Å². The van der Waals surface area contributed by atoms with Crippen molar-refractivity contribution in [3.63, 3.8) is 0 Å². The van der Waals surface area contributed by atoms with Gasteiger partial charge in [-0.05, 0) is 64.7 Å². The third kappa shape index (κ3) is 5.67. The number of aromatic nitrogens is 4. The third-order valence-electron chi connectivity index (χ3n) is 4.70. The van der Waals surface area contributed by atoms with Gasteiger partial charge in [-0.3, -0.25) is 9.78 Å². The van der Waals surface area contributed by atoms with Gasteiger partial charge < -0.3 is 14.8 Å². The fraction of sp³-hybridized carbons (Fsp3) is 0.364. The highest BCUT2D eigenvalue weighted by Gasteiger charge is 2.21. The molecule has 8 heteroatoms. The highest BCUT2D eigenvalue weighted by molar-refractivity contribution is 8.00. The van der Waals surface area contributed by atoms with Crippen LogP contribution in [0, 0.1) is 6.92 Å². The molecule has 0 bridgehead atoms. The lowest BCUT2D eigenvalue weighted by Gasteiger charge is -2.15. The zero-order valence-electron chi connectivity index (χ0n) is 17.9. The van der Waals surface area contributed by atoms with Gasteiger partial charge in [0.05, 0.1) is 5.25 Å². The van der Waals surface area contributed by atoms with Gasteiger partial charge in [0.15, 0.2) is 11.0 Å². The zero-order chi connectivity index (χ0) is 21.5. The minimum Gasteiger partial charge on any atom is -0.325 e. The van der Waals surface area contributed by atoms with E-state index in [2.05, 4.69) is 44.1 Å². The number of pyridine rings is 1. The Morgan fingerprint density at radius 1 is 1.17 bits per heavy atom. The van der Waals surface area contributed by atoms with Crippen LogP contribution in [0.3, 0.4) is 0 Å². The second kappa shape index (κ2) is 10.4. The van der Waals surface area contributed by atoms with E-state index in [0.717, 1.165) is 47.3 Å². The molecule has 30 heavy (non-hydrogen) atoms. The van der Waals surface area contributed by atoms with Crippen molar-refractivity contribution >= 4 is 23.4 Å². The van der Waals surface area contributed by atoms with Gasteiger partial charge in [0, 0.05) is 30.2 Å². The Kier molecular flexibility index (Phi) is 7.59. The molecule has 3 aromatic rings. The van der Waals surface area contributed by atoms with Crippen LogP contribution in [0.15, 0.2) is 53.9 Å². The molecule has 0 saturated heterocycles. The summed E-state index contributed by atoms with van der Waals surface area (Å²) in [6.45, 7) is 5.61. The average Bonchev–Trinajstić information content (AvgIpc) is 3.12. The van der Waals surface area contributed by atoms with Crippen molar-refractivity contribution in [3.05, 3.63) is 54.4 Å². The molecule has 0 saturated carbocycles. The molecule has 158 valence electrons. The molecule has 0 unspecified atom stereocenters. The SMILES string of the molecule is Cc1ccccc1NC(=O)[C@H](C)Sc1nnc(-c2ccncc2)n1CCCN(C)C. The number of carbonyl (C=O) groups is 1. The van der Waals surface area contributed by atoms with Crippen molar-refractivity contribution in [2.24, 2.45) is 0 Å². The van der Waals surface area contributed by atoms with Crippen LogP contribution >= 0.6 is 11.8 Å². The fourth-order valence-electron chi connectivity index (χ4n) is 3.00. The van der Waals surface area contributed by atoms with Crippen LogP contribution in [-0.4, -0.2) is 56.4 Å². The molecule has 3 rings (SSSR count). The van der Waals surface area contributed by atoms with E-state index in [4.69, 9.17) is 0 Å². The van der Waals surface area contributed by atoms with E-state index in [0.29, 0.717) is 0 Å². The molecule has 0 radical (unpaired) electrons. The molecule has 1 N–H and O–H groups in total. The lowest BCUT2D eigenvalue weighted by atomic mass is 10.2. The Morgan fingerprint density at radius 2 is 1.90 bits per heavy atom. The van der Waals surface area contributed by atoms with Gasteiger partial charge in [-0.15, -0.1) is 10.2 Å². The maximum absolute atomic E-state index is 12.8. The molecule has 1 amide bonds. The van der Waals surface area contributed by atoms with E-state index in [9.17, 15) is 4.79 Å². The number of nitrogens with one attached hydrogen (secondary N) is 1. The molecule has 0 aliphatic carbocycles. The molecular weight excluding hydrogens is 396 g/mol. The van der Waals surface area contributed by atoms with Crippen LogP contribution in [0.4, 0.5) is 5.69 Å². The Hall–Kier alpha value is -2.71. The van der Waals surface area contributed by atoms with Crippen molar-refractivity contribution in [1.82, 2.24) is 24.6 Å². The molecule has 2 aromatic heterocycles. The average molecular weight is 425 g/mol. The number of aryl methyl sites for hydroxylation is 1. The first kappa shape index (κ1) is 22.0. The van der Waals surface area contributed by atoms with Gasteiger partial charge in [-0.2, -0.15) is 0 Å². The number of amides is 1. The van der Waals surface area contributed by atoms with Gasteiger partial charge in [0.2, 0.25) is 5.91 Å². The van der Waals surface area contributed by atoms with Crippen LogP contribution < -0.4 is 5.32 Å². The van der Waals surface area contributed by atoms with Crippen LogP contribution in [0.1, 0.15) is 18.9 Å². The Balaban J connectivity index is 1.77. The largest absolute Gasteiger partial charge is 0.325 e. The number of hydrogen-bond acceptors (Lipinski definition) is 6. The molecule has 7 nitrogen and oxygen atoms in total. The van der Waals surface area contributed by atoms with Gasteiger partial charge in [-0.1, -0.05) is 30.0 Å². The summed E-state index contributed by atoms with van der Waals surface area (Å²) in [5.74, 6) is 0.743. The highest BCUT2D eigenvalue weighted by Crippen LogP contribution is 2.28. The number of para-hydroxylation sites is 1. The van der Waals surface area contributed by atoms with Crippen LogP contribution in [0.2, 0.25) is 0 Å². The summed E-state index contributed by atoms with van der Waals surface area (Å²) in [7, 11) is 4.12. The van der Waals surface area contributed by atoms with Crippen LogP contribution in [-0.2, 0) is 11.3 Å². The van der Waals surface area contributed by atoms with Crippen molar-refractivity contribution in [2.45, 2.75) is 37.2 Å².